The minimum Gasteiger partial charge on any atom is -0.244 e. The summed E-state index contributed by atoms with van der Waals surface area (Å²) in [7, 11) is 0. The Balaban J connectivity index is 2.31. The van der Waals surface area contributed by atoms with Gasteiger partial charge >= 0.3 is 0 Å². The van der Waals surface area contributed by atoms with Crippen molar-refractivity contribution < 1.29 is 4.39 Å². The molecule has 0 unspecified atom stereocenters. The summed E-state index contributed by atoms with van der Waals surface area (Å²) < 4.78 is 12.2. The Labute approximate surface area is 37.4 Å². The van der Waals surface area contributed by atoms with Gasteiger partial charge in [-0.15, -0.1) is 0 Å². The Morgan fingerprint density at radius 3 is 1.83 bits per heavy atom. The molecule has 0 atom stereocenters. The quantitative estimate of drug-likeness (QED) is 0.424. The van der Waals surface area contributed by atoms with E-state index in [1.807, 2.05) is 0 Å². The van der Waals surface area contributed by atoms with Crippen LogP contribution in [0.3, 0.4) is 0 Å². The van der Waals surface area contributed by atoms with Crippen LogP contribution < -0.4 is 0 Å². The highest BCUT2D eigenvalue weighted by molar-refractivity contribution is 4.82. The standard InChI is InChI=1S/C5H9F/c1-5(6)3-2-4-5/h2-4H2,1H3. The van der Waals surface area contributed by atoms with Crippen LogP contribution >= 0.6 is 0 Å². The zero-order valence-corrected chi connectivity index (χ0v) is 4.00. The third kappa shape index (κ3) is 0.537. The zero-order valence-electron chi connectivity index (χ0n) is 4.00. The van der Waals surface area contributed by atoms with Crippen molar-refractivity contribution in [3.05, 3.63) is 0 Å². The van der Waals surface area contributed by atoms with E-state index in [0.717, 1.165) is 19.3 Å². The number of rotatable bonds is 0. The summed E-state index contributed by atoms with van der Waals surface area (Å²) in [6, 6.07) is 0. The van der Waals surface area contributed by atoms with Gasteiger partial charge in [0.2, 0.25) is 0 Å². The fraction of sp³-hybridized carbons (Fsp3) is 1.00. The van der Waals surface area contributed by atoms with Crippen LogP contribution in [-0.2, 0) is 0 Å². The van der Waals surface area contributed by atoms with Gasteiger partial charge in [0.15, 0.2) is 0 Å². The fourth-order valence-electron chi connectivity index (χ4n) is 0.664. The molecule has 0 aromatic rings. The largest absolute Gasteiger partial charge is 0.244 e. The van der Waals surface area contributed by atoms with Crippen molar-refractivity contribution in [1.29, 1.82) is 0 Å². The molecule has 0 saturated heterocycles. The lowest BCUT2D eigenvalue weighted by Gasteiger charge is -2.28. The van der Waals surface area contributed by atoms with E-state index in [-0.39, 0.29) is 0 Å². The molecular weight excluding hydrogens is 79.1 g/mol. The summed E-state index contributed by atoms with van der Waals surface area (Å²) in [6.45, 7) is 1.66. The molecule has 0 radical (unpaired) electrons. The molecular formula is C5H9F. The first-order valence-electron chi connectivity index (χ1n) is 2.40. The lowest BCUT2D eigenvalue weighted by atomic mass is 9.84. The predicted octanol–water partition coefficient (Wildman–Crippen LogP) is 1.90. The van der Waals surface area contributed by atoms with E-state index in [2.05, 4.69) is 0 Å². The van der Waals surface area contributed by atoms with Crippen molar-refractivity contribution in [3.8, 4) is 0 Å². The van der Waals surface area contributed by atoms with Gasteiger partial charge in [0.1, 0.15) is 5.67 Å². The third-order valence-electron chi connectivity index (χ3n) is 1.40. The highest BCUT2D eigenvalue weighted by Gasteiger charge is 2.30. The zero-order chi connectivity index (χ0) is 4.62. The van der Waals surface area contributed by atoms with Crippen LogP contribution in [0.5, 0.6) is 0 Å². The lowest BCUT2D eigenvalue weighted by Crippen LogP contribution is -2.26. The van der Waals surface area contributed by atoms with Crippen molar-refractivity contribution in [2.75, 3.05) is 0 Å². The van der Waals surface area contributed by atoms with E-state index in [0.29, 0.717) is 0 Å². The van der Waals surface area contributed by atoms with Crippen molar-refractivity contribution in [2.45, 2.75) is 31.9 Å². The maximum atomic E-state index is 12.2. The molecule has 0 aromatic carbocycles. The van der Waals surface area contributed by atoms with Crippen LogP contribution in [0.25, 0.3) is 0 Å². The van der Waals surface area contributed by atoms with E-state index in [4.69, 9.17) is 0 Å². The minimum absolute atomic E-state index is 0.778. The summed E-state index contributed by atoms with van der Waals surface area (Å²) in [6.07, 6.45) is 2.66. The van der Waals surface area contributed by atoms with Crippen molar-refractivity contribution >= 4 is 0 Å². The Hall–Kier alpha value is -0.0700. The van der Waals surface area contributed by atoms with E-state index in [9.17, 15) is 4.39 Å². The molecule has 0 aliphatic heterocycles. The van der Waals surface area contributed by atoms with Crippen LogP contribution in [0.2, 0.25) is 0 Å². The predicted molar refractivity (Wildman–Crippen MR) is 23.4 cm³/mol. The Kier molecular flexibility index (Phi) is 0.652. The SMILES string of the molecule is CC1(F)CCC1. The molecule has 0 aromatic heterocycles. The molecule has 0 N–H and O–H groups in total. The number of hydrogen-bond acceptors (Lipinski definition) is 0. The summed E-state index contributed by atoms with van der Waals surface area (Å²) in [5.41, 5.74) is -0.778. The highest BCUT2D eigenvalue weighted by atomic mass is 19.1. The summed E-state index contributed by atoms with van der Waals surface area (Å²) in [4.78, 5) is 0. The molecule has 0 heterocycles. The first-order valence-corrected chi connectivity index (χ1v) is 2.40. The van der Waals surface area contributed by atoms with Gasteiger partial charge in [-0.2, -0.15) is 0 Å². The van der Waals surface area contributed by atoms with Crippen molar-refractivity contribution in [2.24, 2.45) is 0 Å². The molecule has 6 heavy (non-hydrogen) atoms. The first-order chi connectivity index (χ1) is 2.71. The molecule has 0 spiro atoms. The molecule has 0 nitrogen and oxygen atoms in total. The van der Waals surface area contributed by atoms with Gasteiger partial charge in [-0.1, -0.05) is 0 Å². The molecule has 1 saturated carbocycles. The van der Waals surface area contributed by atoms with Crippen LogP contribution in [0.4, 0.5) is 4.39 Å². The Morgan fingerprint density at radius 1 is 1.50 bits per heavy atom. The van der Waals surface area contributed by atoms with E-state index in [1.165, 1.54) is 0 Å². The monoisotopic (exact) mass is 88.1 g/mol. The number of halogens is 1. The molecule has 0 bridgehead atoms. The second-order valence-electron chi connectivity index (χ2n) is 2.27. The molecule has 1 aliphatic rings. The normalized spacial score (nSPS) is 29.0. The first kappa shape index (κ1) is 4.10. The van der Waals surface area contributed by atoms with Crippen LogP contribution in [0, 0.1) is 0 Å². The van der Waals surface area contributed by atoms with Gasteiger partial charge in [-0.05, 0) is 26.2 Å². The minimum atomic E-state index is -0.778. The van der Waals surface area contributed by atoms with E-state index >= 15 is 0 Å². The lowest BCUT2D eigenvalue weighted by molar-refractivity contribution is 0.0858. The van der Waals surface area contributed by atoms with Crippen molar-refractivity contribution in [1.82, 2.24) is 0 Å². The molecule has 36 valence electrons. The molecule has 1 heteroatoms. The van der Waals surface area contributed by atoms with Gasteiger partial charge in [-0.3, -0.25) is 0 Å². The second-order valence-corrected chi connectivity index (χ2v) is 2.27. The number of hydrogen-bond donors (Lipinski definition) is 0. The fourth-order valence-corrected chi connectivity index (χ4v) is 0.664. The van der Waals surface area contributed by atoms with Crippen molar-refractivity contribution in [3.63, 3.8) is 0 Å². The molecule has 1 fully saturated rings. The van der Waals surface area contributed by atoms with Gasteiger partial charge in [-0.25, -0.2) is 4.39 Å². The molecule has 1 rings (SSSR count). The molecule has 1 aliphatic carbocycles. The van der Waals surface area contributed by atoms with Crippen LogP contribution in [0.1, 0.15) is 26.2 Å². The average Bonchev–Trinajstić information content (AvgIpc) is 1.32. The van der Waals surface area contributed by atoms with Gasteiger partial charge in [0, 0.05) is 0 Å². The van der Waals surface area contributed by atoms with Crippen LogP contribution in [-0.4, -0.2) is 5.67 Å². The average molecular weight is 88.1 g/mol. The van der Waals surface area contributed by atoms with Gasteiger partial charge in [0.05, 0.1) is 0 Å². The maximum Gasteiger partial charge on any atom is 0.108 e. The van der Waals surface area contributed by atoms with Gasteiger partial charge in [0.25, 0.3) is 0 Å². The topological polar surface area (TPSA) is 0 Å². The van der Waals surface area contributed by atoms with Crippen LogP contribution in [0.15, 0.2) is 0 Å². The summed E-state index contributed by atoms with van der Waals surface area (Å²) in [5, 5.41) is 0. The maximum absolute atomic E-state index is 12.2. The number of alkyl halides is 1. The Morgan fingerprint density at radius 2 is 1.83 bits per heavy atom. The van der Waals surface area contributed by atoms with E-state index in [1.54, 1.807) is 6.92 Å². The van der Waals surface area contributed by atoms with Gasteiger partial charge < -0.3 is 0 Å². The highest BCUT2D eigenvalue weighted by Crippen LogP contribution is 2.34. The smallest absolute Gasteiger partial charge is 0.108 e. The van der Waals surface area contributed by atoms with E-state index < -0.39 is 5.67 Å². The Bertz CT molecular complexity index is 51.0. The second kappa shape index (κ2) is 0.955. The summed E-state index contributed by atoms with van der Waals surface area (Å²) in [5.74, 6) is 0. The molecule has 0 amide bonds. The summed E-state index contributed by atoms with van der Waals surface area (Å²) >= 11 is 0. The third-order valence-corrected chi connectivity index (χ3v) is 1.40.